The van der Waals surface area contributed by atoms with Crippen molar-refractivity contribution in [2.45, 2.75) is 6.54 Å². The molecule has 0 heterocycles. The molecule has 2 N–H and O–H groups in total. The van der Waals surface area contributed by atoms with Crippen molar-refractivity contribution < 1.29 is 9.13 Å². The highest BCUT2D eigenvalue weighted by atomic mass is 19.1. The van der Waals surface area contributed by atoms with Gasteiger partial charge < -0.3 is 10.5 Å². The lowest BCUT2D eigenvalue weighted by Gasteiger charge is -2.12. The van der Waals surface area contributed by atoms with Crippen LogP contribution in [-0.4, -0.2) is 7.11 Å². The summed E-state index contributed by atoms with van der Waals surface area (Å²) in [7, 11) is 1.57. The summed E-state index contributed by atoms with van der Waals surface area (Å²) in [4.78, 5) is 0. The zero-order chi connectivity index (χ0) is 12.3. The minimum atomic E-state index is -0.285. The Kier molecular flexibility index (Phi) is 3.40. The first-order valence-electron chi connectivity index (χ1n) is 5.38. The van der Waals surface area contributed by atoms with Gasteiger partial charge in [0.15, 0.2) is 0 Å². The molecule has 0 spiro atoms. The molecule has 88 valence electrons. The van der Waals surface area contributed by atoms with Crippen LogP contribution in [0.2, 0.25) is 0 Å². The molecule has 2 rings (SSSR count). The second-order valence-electron chi connectivity index (χ2n) is 3.71. The van der Waals surface area contributed by atoms with Crippen molar-refractivity contribution in [2.75, 3.05) is 7.11 Å². The molecule has 0 aliphatic rings. The summed E-state index contributed by atoms with van der Waals surface area (Å²) in [5, 5.41) is 0. The standard InChI is InChI=1S/C14H14FNO/c1-17-14-7-6-11(15)8-13(14)12-5-3-2-4-10(12)9-16/h2-8H,9,16H2,1H3. The van der Waals surface area contributed by atoms with Gasteiger partial charge in [-0.1, -0.05) is 24.3 Å². The van der Waals surface area contributed by atoms with Gasteiger partial charge in [-0.3, -0.25) is 0 Å². The Hall–Kier alpha value is -1.87. The van der Waals surface area contributed by atoms with Crippen LogP contribution < -0.4 is 10.5 Å². The Morgan fingerprint density at radius 1 is 1.12 bits per heavy atom. The summed E-state index contributed by atoms with van der Waals surface area (Å²) >= 11 is 0. The normalized spacial score (nSPS) is 10.3. The van der Waals surface area contributed by atoms with E-state index in [0.29, 0.717) is 12.3 Å². The summed E-state index contributed by atoms with van der Waals surface area (Å²) < 4.78 is 18.6. The summed E-state index contributed by atoms with van der Waals surface area (Å²) in [6, 6.07) is 12.1. The molecule has 0 fully saturated rings. The molecule has 3 heteroatoms. The van der Waals surface area contributed by atoms with E-state index in [2.05, 4.69) is 0 Å². The second-order valence-corrected chi connectivity index (χ2v) is 3.71. The van der Waals surface area contributed by atoms with Crippen molar-refractivity contribution >= 4 is 0 Å². The first-order valence-corrected chi connectivity index (χ1v) is 5.38. The maximum Gasteiger partial charge on any atom is 0.126 e. The van der Waals surface area contributed by atoms with Crippen LogP contribution in [-0.2, 0) is 6.54 Å². The molecule has 0 aliphatic heterocycles. The van der Waals surface area contributed by atoms with Crippen LogP contribution in [0.25, 0.3) is 11.1 Å². The first-order chi connectivity index (χ1) is 8.26. The van der Waals surface area contributed by atoms with Crippen LogP contribution in [0.5, 0.6) is 5.75 Å². The van der Waals surface area contributed by atoms with Gasteiger partial charge in [0.05, 0.1) is 7.11 Å². The average Bonchev–Trinajstić information content (AvgIpc) is 2.38. The fraction of sp³-hybridized carbons (Fsp3) is 0.143. The Morgan fingerprint density at radius 2 is 1.88 bits per heavy atom. The lowest BCUT2D eigenvalue weighted by Crippen LogP contribution is -1.99. The minimum absolute atomic E-state index is 0.285. The fourth-order valence-electron chi connectivity index (χ4n) is 1.85. The third kappa shape index (κ3) is 2.29. The van der Waals surface area contributed by atoms with E-state index in [0.717, 1.165) is 16.7 Å². The minimum Gasteiger partial charge on any atom is -0.496 e. The van der Waals surface area contributed by atoms with Gasteiger partial charge in [0, 0.05) is 12.1 Å². The Balaban J connectivity index is 2.62. The number of benzene rings is 2. The molecule has 0 aliphatic carbocycles. The molecule has 2 nitrogen and oxygen atoms in total. The topological polar surface area (TPSA) is 35.2 Å². The number of methoxy groups -OCH3 is 1. The number of halogens is 1. The zero-order valence-electron chi connectivity index (χ0n) is 9.61. The van der Waals surface area contributed by atoms with Gasteiger partial charge in [-0.05, 0) is 29.3 Å². The van der Waals surface area contributed by atoms with Crippen LogP contribution in [0.3, 0.4) is 0 Å². The number of hydrogen-bond donors (Lipinski definition) is 1. The van der Waals surface area contributed by atoms with E-state index < -0.39 is 0 Å². The monoisotopic (exact) mass is 231 g/mol. The smallest absolute Gasteiger partial charge is 0.126 e. The zero-order valence-corrected chi connectivity index (χ0v) is 9.61. The van der Waals surface area contributed by atoms with Crippen molar-refractivity contribution in [1.82, 2.24) is 0 Å². The van der Waals surface area contributed by atoms with Gasteiger partial charge in [-0.25, -0.2) is 4.39 Å². The molecular formula is C14H14FNO. The van der Waals surface area contributed by atoms with Crippen molar-refractivity contribution in [3.05, 3.63) is 53.8 Å². The van der Waals surface area contributed by atoms with Crippen molar-refractivity contribution in [1.29, 1.82) is 0 Å². The van der Waals surface area contributed by atoms with Gasteiger partial charge in [0.1, 0.15) is 11.6 Å². The largest absolute Gasteiger partial charge is 0.496 e. The van der Waals surface area contributed by atoms with E-state index in [1.165, 1.54) is 12.1 Å². The Bertz CT molecular complexity index is 525. The molecule has 0 unspecified atom stereocenters. The molecular weight excluding hydrogens is 217 g/mol. The molecule has 0 aromatic heterocycles. The highest BCUT2D eigenvalue weighted by molar-refractivity contribution is 5.73. The van der Waals surface area contributed by atoms with E-state index >= 15 is 0 Å². The van der Waals surface area contributed by atoms with Gasteiger partial charge in [-0.2, -0.15) is 0 Å². The third-order valence-electron chi connectivity index (χ3n) is 2.69. The Morgan fingerprint density at radius 3 is 2.59 bits per heavy atom. The highest BCUT2D eigenvalue weighted by Gasteiger charge is 2.10. The predicted octanol–water partition coefficient (Wildman–Crippen LogP) is 2.96. The molecule has 17 heavy (non-hydrogen) atoms. The average molecular weight is 231 g/mol. The van der Waals surface area contributed by atoms with Crippen molar-refractivity contribution in [3.63, 3.8) is 0 Å². The van der Waals surface area contributed by atoms with Crippen molar-refractivity contribution in [3.8, 4) is 16.9 Å². The van der Waals surface area contributed by atoms with E-state index in [4.69, 9.17) is 10.5 Å². The first kappa shape index (κ1) is 11.6. The van der Waals surface area contributed by atoms with Crippen LogP contribution in [0.1, 0.15) is 5.56 Å². The molecule has 0 bridgehead atoms. The molecule has 0 saturated carbocycles. The summed E-state index contributed by atoms with van der Waals surface area (Å²) in [5.74, 6) is 0.361. The maximum absolute atomic E-state index is 13.3. The summed E-state index contributed by atoms with van der Waals surface area (Å²) in [5.41, 5.74) is 8.29. The van der Waals surface area contributed by atoms with Gasteiger partial charge in [0.25, 0.3) is 0 Å². The SMILES string of the molecule is COc1ccc(F)cc1-c1ccccc1CN. The highest BCUT2D eigenvalue weighted by Crippen LogP contribution is 2.32. The number of nitrogens with two attached hydrogens (primary N) is 1. The quantitative estimate of drug-likeness (QED) is 0.881. The molecule has 0 amide bonds. The molecule has 0 radical (unpaired) electrons. The third-order valence-corrected chi connectivity index (χ3v) is 2.69. The second kappa shape index (κ2) is 4.97. The Labute approximate surface area is 99.8 Å². The number of hydrogen-bond acceptors (Lipinski definition) is 2. The fourth-order valence-corrected chi connectivity index (χ4v) is 1.85. The van der Waals surface area contributed by atoms with Gasteiger partial charge >= 0.3 is 0 Å². The van der Waals surface area contributed by atoms with Crippen LogP contribution in [0, 0.1) is 5.82 Å². The van der Waals surface area contributed by atoms with Crippen LogP contribution in [0.15, 0.2) is 42.5 Å². The van der Waals surface area contributed by atoms with Gasteiger partial charge in [-0.15, -0.1) is 0 Å². The molecule has 2 aromatic rings. The molecule has 0 atom stereocenters. The van der Waals surface area contributed by atoms with E-state index in [9.17, 15) is 4.39 Å². The molecule has 2 aromatic carbocycles. The summed E-state index contributed by atoms with van der Waals surface area (Å²) in [6.07, 6.45) is 0. The van der Waals surface area contributed by atoms with E-state index in [1.807, 2.05) is 24.3 Å². The lowest BCUT2D eigenvalue weighted by molar-refractivity contribution is 0.415. The van der Waals surface area contributed by atoms with Crippen LogP contribution in [0.4, 0.5) is 4.39 Å². The summed E-state index contributed by atoms with van der Waals surface area (Å²) in [6.45, 7) is 0.413. The maximum atomic E-state index is 13.3. The van der Waals surface area contributed by atoms with E-state index in [-0.39, 0.29) is 5.82 Å². The van der Waals surface area contributed by atoms with E-state index in [1.54, 1.807) is 13.2 Å². The van der Waals surface area contributed by atoms with Crippen LogP contribution >= 0.6 is 0 Å². The lowest BCUT2D eigenvalue weighted by atomic mass is 9.99. The van der Waals surface area contributed by atoms with Gasteiger partial charge in [0.2, 0.25) is 0 Å². The number of rotatable bonds is 3. The number of ether oxygens (including phenoxy) is 1. The molecule has 0 saturated heterocycles. The van der Waals surface area contributed by atoms with Crippen molar-refractivity contribution in [2.24, 2.45) is 5.73 Å². The predicted molar refractivity (Wildman–Crippen MR) is 66.3 cm³/mol.